The van der Waals surface area contributed by atoms with Crippen LogP contribution in [0.4, 0.5) is 18.9 Å². The van der Waals surface area contributed by atoms with Crippen LogP contribution in [-0.4, -0.2) is 27.8 Å². The predicted molar refractivity (Wildman–Crippen MR) is 105 cm³/mol. The Morgan fingerprint density at radius 3 is 2.35 bits per heavy atom. The number of benzene rings is 2. The third kappa shape index (κ3) is 4.27. The number of carbonyl (C=O) groups is 1. The van der Waals surface area contributed by atoms with Gasteiger partial charge in [-0.3, -0.25) is 4.79 Å². The van der Waals surface area contributed by atoms with E-state index in [0.717, 1.165) is 12.1 Å². The number of nitrogens with zero attached hydrogens (tertiary/aromatic N) is 3. The maximum absolute atomic E-state index is 12.9. The minimum absolute atomic E-state index is 0.0603. The Morgan fingerprint density at radius 2 is 1.77 bits per heavy atom. The first kappa shape index (κ1) is 20.2. The number of alkyl halides is 3. The quantitative estimate of drug-likeness (QED) is 0.494. The molecule has 1 amide bonds. The van der Waals surface area contributed by atoms with E-state index < -0.39 is 17.6 Å². The SMILES string of the molecule is COc1nc(-c2ccc(C(F)(F)F)cc2)n(-c2ccc(NC(=O)c3ccco3)cc2)n1. The van der Waals surface area contributed by atoms with Crippen molar-refractivity contribution in [1.82, 2.24) is 14.8 Å². The summed E-state index contributed by atoms with van der Waals surface area (Å²) in [5.41, 5.74) is 0.764. The van der Waals surface area contributed by atoms with E-state index in [4.69, 9.17) is 9.15 Å². The van der Waals surface area contributed by atoms with Crippen molar-refractivity contribution in [3.8, 4) is 23.1 Å². The van der Waals surface area contributed by atoms with Gasteiger partial charge in [-0.1, -0.05) is 12.1 Å². The lowest BCUT2D eigenvalue weighted by molar-refractivity contribution is -0.137. The summed E-state index contributed by atoms with van der Waals surface area (Å²) < 4.78 is 50.1. The summed E-state index contributed by atoms with van der Waals surface area (Å²) in [6, 6.07) is 14.5. The monoisotopic (exact) mass is 428 g/mol. The molecule has 31 heavy (non-hydrogen) atoms. The number of nitrogens with one attached hydrogen (secondary N) is 1. The van der Waals surface area contributed by atoms with E-state index in [0.29, 0.717) is 22.8 Å². The van der Waals surface area contributed by atoms with Crippen molar-refractivity contribution in [2.75, 3.05) is 12.4 Å². The average molecular weight is 428 g/mol. The molecule has 0 radical (unpaired) electrons. The Balaban J connectivity index is 1.62. The van der Waals surface area contributed by atoms with Gasteiger partial charge in [0.2, 0.25) is 0 Å². The van der Waals surface area contributed by atoms with Gasteiger partial charge in [-0.25, -0.2) is 4.68 Å². The number of aromatic nitrogens is 3. The van der Waals surface area contributed by atoms with Gasteiger partial charge in [0, 0.05) is 11.3 Å². The lowest BCUT2D eigenvalue weighted by atomic mass is 10.1. The van der Waals surface area contributed by atoms with Crippen molar-refractivity contribution < 1.29 is 27.1 Å². The predicted octanol–water partition coefficient (Wildman–Crippen LogP) is 4.81. The summed E-state index contributed by atoms with van der Waals surface area (Å²) in [6.45, 7) is 0. The Hall–Kier alpha value is -4.08. The first-order valence-electron chi connectivity index (χ1n) is 8.99. The van der Waals surface area contributed by atoms with Crippen LogP contribution < -0.4 is 10.1 Å². The number of methoxy groups -OCH3 is 1. The number of hydrogen-bond donors (Lipinski definition) is 1. The molecule has 0 saturated carbocycles. The molecule has 0 fully saturated rings. The topological polar surface area (TPSA) is 82.2 Å². The van der Waals surface area contributed by atoms with Crippen molar-refractivity contribution in [2.45, 2.75) is 6.18 Å². The highest BCUT2D eigenvalue weighted by atomic mass is 19.4. The molecular weight excluding hydrogens is 413 g/mol. The molecule has 158 valence electrons. The maximum atomic E-state index is 12.9. The molecule has 0 bridgehead atoms. The van der Waals surface area contributed by atoms with Gasteiger partial charge in [-0.2, -0.15) is 18.2 Å². The van der Waals surface area contributed by atoms with E-state index >= 15 is 0 Å². The van der Waals surface area contributed by atoms with Gasteiger partial charge in [0.25, 0.3) is 5.91 Å². The lowest BCUT2D eigenvalue weighted by Gasteiger charge is -2.09. The van der Waals surface area contributed by atoms with Crippen LogP contribution in [0.1, 0.15) is 16.1 Å². The van der Waals surface area contributed by atoms with Gasteiger partial charge in [-0.15, -0.1) is 5.10 Å². The van der Waals surface area contributed by atoms with E-state index in [1.54, 1.807) is 36.4 Å². The molecular formula is C21H15F3N4O3. The van der Waals surface area contributed by atoms with Crippen LogP contribution in [0.5, 0.6) is 6.01 Å². The largest absolute Gasteiger partial charge is 0.466 e. The number of halogens is 3. The molecule has 10 heteroatoms. The van der Waals surface area contributed by atoms with Gasteiger partial charge in [-0.05, 0) is 48.5 Å². The molecule has 4 aromatic rings. The molecule has 0 unspecified atom stereocenters. The molecule has 0 aliphatic rings. The zero-order valence-corrected chi connectivity index (χ0v) is 16.1. The van der Waals surface area contributed by atoms with E-state index in [2.05, 4.69) is 15.4 Å². The molecule has 4 rings (SSSR count). The van der Waals surface area contributed by atoms with Crippen molar-refractivity contribution in [3.63, 3.8) is 0 Å². The van der Waals surface area contributed by atoms with Crippen LogP contribution >= 0.6 is 0 Å². The minimum Gasteiger partial charge on any atom is -0.466 e. The molecule has 2 heterocycles. The van der Waals surface area contributed by atoms with Crippen LogP contribution in [0.15, 0.2) is 71.3 Å². The Labute approximate surface area is 174 Å². The van der Waals surface area contributed by atoms with Gasteiger partial charge in [0.1, 0.15) is 0 Å². The first-order chi connectivity index (χ1) is 14.8. The third-order valence-corrected chi connectivity index (χ3v) is 4.36. The van der Waals surface area contributed by atoms with Crippen LogP contribution in [0.3, 0.4) is 0 Å². The fraction of sp³-hybridized carbons (Fsp3) is 0.0952. The summed E-state index contributed by atoms with van der Waals surface area (Å²) in [7, 11) is 1.39. The number of ether oxygens (including phenoxy) is 1. The van der Waals surface area contributed by atoms with Crippen LogP contribution in [0.2, 0.25) is 0 Å². The second-order valence-electron chi connectivity index (χ2n) is 6.39. The Bertz CT molecular complexity index is 1180. The van der Waals surface area contributed by atoms with Crippen LogP contribution in [0, 0.1) is 0 Å². The number of carbonyl (C=O) groups excluding carboxylic acids is 1. The smallest absolute Gasteiger partial charge is 0.416 e. The van der Waals surface area contributed by atoms with E-state index in [9.17, 15) is 18.0 Å². The number of hydrogen-bond acceptors (Lipinski definition) is 5. The third-order valence-electron chi connectivity index (χ3n) is 4.36. The molecule has 7 nitrogen and oxygen atoms in total. The molecule has 0 atom stereocenters. The number of amides is 1. The fourth-order valence-electron chi connectivity index (χ4n) is 2.84. The molecule has 0 aliphatic carbocycles. The number of rotatable bonds is 5. The number of furan rings is 1. The maximum Gasteiger partial charge on any atom is 0.416 e. The fourth-order valence-corrected chi connectivity index (χ4v) is 2.84. The summed E-state index contributed by atoms with van der Waals surface area (Å²) in [5, 5.41) is 6.93. The number of anilines is 1. The van der Waals surface area contributed by atoms with Gasteiger partial charge >= 0.3 is 12.2 Å². The molecule has 1 N–H and O–H groups in total. The average Bonchev–Trinajstić information content (AvgIpc) is 3.44. The molecule has 0 saturated heterocycles. The second-order valence-corrected chi connectivity index (χ2v) is 6.39. The lowest BCUT2D eigenvalue weighted by Crippen LogP contribution is -2.10. The zero-order valence-electron chi connectivity index (χ0n) is 16.1. The first-order valence-corrected chi connectivity index (χ1v) is 8.99. The van der Waals surface area contributed by atoms with Crippen LogP contribution in [-0.2, 0) is 6.18 Å². The highest BCUT2D eigenvalue weighted by Gasteiger charge is 2.30. The van der Waals surface area contributed by atoms with Gasteiger partial charge < -0.3 is 14.5 Å². The summed E-state index contributed by atoms with van der Waals surface area (Å²) in [4.78, 5) is 16.3. The van der Waals surface area contributed by atoms with Crippen molar-refractivity contribution in [1.29, 1.82) is 0 Å². The zero-order chi connectivity index (χ0) is 22.0. The van der Waals surface area contributed by atoms with Crippen molar-refractivity contribution in [2.24, 2.45) is 0 Å². The van der Waals surface area contributed by atoms with E-state index in [-0.39, 0.29) is 11.8 Å². The summed E-state index contributed by atoms with van der Waals surface area (Å²) in [6.07, 6.45) is -3.03. The summed E-state index contributed by atoms with van der Waals surface area (Å²) >= 11 is 0. The molecule has 0 spiro atoms. The van der Waals surface area contributed by atoms with Crippen molar-refractivity contribution >= 4 is 11.6 Å². The van der Waals surface area contributed by atoms with Gasteiger partial charge in [0.05, 0.1) is 24.6 Å². The molecule has 0 aliphatic heterocycles. The standard InChI is InChI=1S/C21H15F3N4O3/c1-30-20-26-18(13-4-6-14(7-5-13)21(22,23)24)28(27-20)16-10-8-15(9-11-16)25-19(29)17-3-2-12-31-17/h2-12H,1H3,(H,25,29). The van der Waals surface area contributed by atoms with Crippen molar-refractivity contribution in [3.05, 3.63) is 78.3 Å². The highest BCUT2D eigenvalue weighted by Crippen LogP contribution is 2.31. The van der Waals surface area contributed by atoms with E-state index in [1.165, 1.54) is 30.2 Å². The molecule has 2 aromatic carbocycles. The van der Waals surface area contributed by atoms with Crippen LogP contribution in [0.25, 0.3) is 17.1 Å². The Kier molecular flexibility index (Phi) is 5.20. The Morgan fingerprint density at radius 1 is 1.06 bits per heavy atom. The second kappa shape index (κ2) is 7.98. The highest BCUT2D eigenvalue weighted by molar-refractivity contribution is 6.02. The van der Waals surface area contributed by atoms with E-state index in [1.807, 2.05) is 0 Å². The minimum atomic E-state index is -4.43. The molecule has 2 aromatic heterocycles. The normalized spacial score (nSPS) is 11.4. The summed E-state index contributed by atoms with van der Waals surface area (Å²) in [5.74, 6) is 0.0817. The van der Waals surface area contributed by atoms with Gasteiger partial charge in [0.15, 0.2) is 11.6 Å².